The van der Waals surface area contributed by atoms with Gasteiger partial charge in [-0.15, -0.1) is 0 Å². The van der Waals surface area contributed by atoms with Crippen LogP contribution in [0.15, 0.2) is 41.3 Å². The summed E-state index contributed by atoms with van der Waals surface area (Å²) >= 11 is 11.4. The molecule has 1 heterocycles. The number of nitrogens with two attached hydrogens (primary N) is 1. The molecule has 0 unspecified atom stereocenters. The number of anilines is 3. The van der Waals surface area contributed by atoms with Crippen LogP contribution in [0.25, 0.3) is 5.69 Å². The van der Waals surface area contributed by atoms with Gasteiger partial charge in [-0.3, -0.25) is 0 Å². The van der Waals surface area contributed by atoms with Crippen LogP contribution >= 0.6 is 35.0 Å². The molecule has 1 aromatic heterocycles. The number of benzene rings is 2. The number of nitrogen functional groups attached to an aromatic ring is 1. The molecule has 5 nitrogen and oxygen atoms in total. The Labute approximate surface area is 190 Å². The third-order valence-corrected chi connectivity index (χ3v) is 5.40. The Morgan fingerprint density at radius 2 is 1.66 bits per heavy atom. The van der Waals surface area contributed by atoms with Gasteiger partial charge in [0.1, 0.15) is 11.9 Å². The molecule has 0 aliphatic rings. The molecular formula is C18H9Cl2F6N5S. The highest BCUT2D eigenvalue weighted by Gasteiger charge is 2.35. The smallest absolute Gasteiger partial charge is 0.383 e. The van der Waals surface area contributed by atoms with Gasteiger partial charge in [0.25, 0.3) is 0 Å². The van der Waals surface area contributed by atoms with Gasteiger partial charge in [0.15, 0.2) is 5.69 Å². The SMILES string of the molecule is N#Cc1nn(-c2ccccc2Nc2c(Cl)cc(C(F)(F)F)cc2Cl)c(N)c1SC(F)(F)F. The number of hydrogen-bond donors (Lipinski definition) is 2. The third kappa shape index (κ3) is 5.01. The van der Waals surface area contributed by atoms with Crippen molar-refractivity contribution in [2.24, 2.45) is 0 Å². The number of nitrogens with zero attached hydrogens (tertiary/aromatic N) is 3. The highest BCUT2D eigenvalue weighted by molar-refractivity contribution is 8.00. The Morgan fingerprint density at radius 3 is 2.19 bits per heavy atom. The van der Waals surface area contributed by atoms with Gasteiger partial charge in [-0.05, 0) is 36.0 Å². The zero-order valence-electron chi connectivity index (χ0n) is 15.3. The summed E-state index contributed by atoms with van der Waals surface area (Å²) in [5.41, 5.74) is -0.322. The van der Waals surface area contributed by atoms with Gasteiger partial charge in [0.2, 0.25) is 0 Å². The van der Waals surface area contributed by atoms with Crippen molar-refractivity contribution in [3.05, 3.63) is 57.7 Å². The van der Waals surface area contributed by atoms with E-state index in [0.717, 1.165) is 4.68 Å². The third-order valence-electron chi connectivity index (χ3n) is 3.96. The highest BCUT2D eigenvalue weighted by Crippen LogP contribution is 2.43. The van der Waals surface area contributed by atoms with E-state index in [1.54, 1.807) is 6.07 Å². The number of nitrogens with one attached hydrogen (secondary N) is 1. The Hall–Kier alpha value is -2.75. The van der Waals surface area contributed by atoms with Crippen LogP contribution in [0, 0.1) is 11.3 Å². The summed E-state index contributed by atoms with van der Waals surface area (Å²) < 4.78 is 78.4. The van der Waals surface area contributed by atoms with Crippen LogP contribution in [0.5, 0.6) is 0 Å². The molecule has 0 aliphatic heterocycles. The molecule has 0 radical (unpaired) electrons. The number of aromatic nitrogens is 2. The van der Waals surface area contributed by atoms with Crippen LogP contribution < -0.4 is 11.1 Å². The van der Waals surface area contributed by atoms with Crippen molar-refractivity contribution in [2.45, 2.75) is 16.6 Å². The maximum Gasteiger partial charge on any atom is 0.446 e. The standard InChI is InChI=1S/C18H9Cl2F6N5S/c19-9-5-8(17(21,22)23)6-10(20)14(9)29-11-3-1-2-4-13(11)31-16(28)15(12(7-27)30-31)32-18(24,25)26/h1-6,29H,28H2. The van der Waals surface area contributed by atoms with Crippen molar-refractivity contribution in [1.29, 1.82) is 5.26 Å². The van der Waals surface area contributed by atoms with Crippen LogP contribution in [0.2, 0.25) is 10.0 Å². The van der Waals surface area contributed by atoms with E-state index in [1.807, 2.05) is 0 Å². The molecule has 0 saturated carbocycles. The lowest BCUT2D eigenvalue weighted by atomic mass is 10.2. The molecule has 2 aromatic carbocycles. The number of para-hydroxylation sites is 2. The molecule has 0 atom stereocenters. The second-order valence-electron chi connectivity index (χ2n) is 6.09. The van der Waals surface area contributed by atoms with E-state index < -0.39 is 45.4 Å². The van der Waals surface area contributed by atoms with Crippen LogP contribution in [0.3, 0.4) is 0 Å². The molecule has 0 aliphatic carbocycles. The zero-order chi connectivity index (χ0) is 23.8. The molecule has 14 heteroatoms. The van der Waals surface area contributed by atoms with E-state index in [9.17, 15) is 26.3 Å². The summed E-state index contributed by atoms with van der Waals surface area (Å²) in [6.07, 6.45) is -4.67. The van der Waals surface area contributed by atoms with Crippen molar-refractivity contribution in [1.82, 2.24) is 9.78 Å². The first-order chi connectivity index (χ1) is 14.8. The molecule has 0 spiro atoms. The maximum absolute atomic E-state index is 13.0. The van der Waals surface area contributed by atoms with Gasteiger partial charge >= 0.3 is 11.7 Å². The fraction of sp³-hybridized carbons (Fsp3) is 0.111. The largest absolute Gasteiger partial charge is 0.446 e. The van der Waals surface area contributed by atoms with E-state index in [4.69, 9.17) is 34.2 Å². The topological polar surface area (TPSA) is 79.7 Å². The number of thioether (sulfide) groups is 1. The maximum atomic E-state index is 13.0. The molecule has 0 bridgehead atoms. The van der Waals surface area contributed by atoms with E-state index in [-0.39, 0.29) is 27.1 Å². The summed E-state index contributed by atoms with van der Waals surface area (Å²) in [7, 11) is 0. The quantitative estimate of drug-likeness (QED) is 0.291. The fourth-order valence-corrected chi connectivity index (χ4v) is 3.83. The van der Waals surface area contributed by atoms with Crippen LogP contribution in [0.1, 0.15) is 11.3 Å². The van der Waals surface area contributed by atoms with E-state index in [1.165, 1.54) is 24.3 Å². The lowest BCUT2D eigenvalue weighted by Crippen LogP contribution is -2.08. The van der Waals surface area contributed by atoms with Crippen molar-refractivity contribution in [2.75, 3.05) is 11.1 Å². The summed E-state index contributed by atoms with van der Waals surface area (Å²) in [6, 6.07) is 8.82. The Kier molecular flexibility index (Phi) is 6.46. The fourth-order valence-electron chi connectivity index (χ4n) is 2.64. The first-order valence-corrected chi connectivity index (χ1v) is 9.86. The van der Waals surface area contributed by atoms with Gasteiger partial charge in [-0.2, -0.15) is 36.7 Å². The number of nitriles is 1. The molecule has 0 amide bonds. The molecule has 3 N–H and O–H groups in total. The molecule has 32 heavy (non-hydrogen) atoms. The minimum absolute atomic E-state index is 0.0788. The normalized spacial score (nSPS) is 12.0. The molecule has 3 aromatic rings. The minimum atomic E-state index is -4.72. The molecular weight excluding hydrogens is 503 g/mol. The second-order valence-corrected chi connectivity index (χ2v) is 7.98. The van der Waals surface area contributed by atoms with Crippen molar-refractivity contribution in [3.8, 4) is 11.8 Å². The van der Waals surface area contributed by atoms with Crippen LogP contribution in [0.4, 0.5) is 43.5 Å². The average Bonchev–Trinajstić information content (AvgIpc) is 2.98. The minimum Gasteiger partial charge on any atom is -0.383 e. The van der Waals surface area contributed by atoms with Crippen LogP contribution in [-0.2, 0) is 6.18 Å². The van der Waals surface area contributed by atoms with Gasteiger partial charge in [-0.25, -0.2) is 4.68 Å². The van der Waals surface area contributed by atoms with Crippen molar-refractivity contribution >= 4 is 52.2 Å². The van der Waals surface area contributed by atoms with E-state index >= 15 is 0 Å². The molecule has 168 valence electrons. The summed E-state index contributed by atoms with van der Waals surface area (Å²) in [5.74, 6) is -0.456. The van der Waals surface area contributed by atoms with Gasteiger partial charge in [-0.1, -0.05) is 35.3 Å². The summed E-state index contributed by atoms with van der Waals surface area (Å²) in [4.78, 5) is -0.583. The molecule has 0 saturated heterocycles. The Bertz CT molecular complexity index is 1190. The van der Waals surface area contributed by atoms with Crippen LogP contribution in [-0.4, -0.2) is 15.3 Å². The number of hydrogen-bond acceptors (Lipinski definition) is 5. The number of rotatable bonds is 4. The Morgan fingerprint density at radius 1 is 1.06 bits per heavy atom. The van der Waals surface area contributed by atoms with Gasteiger partial charge in [0.05, 0.1) is 37.6 Å². The van der Waals surface area contributed by atoms with E-state index in [2.05, 4.69) is 10.4 Å². The highest BCUT2D eigenvalue weighted by atomic mass is 35.5. The van der Waals surface area contributed by atoms with Gasteiger partial charge < -0.3 is 11.1 Å². The lowest BCUT2D eigenvalue weighted by molar-refractivity contribution is -0.137. The molecule has 0 fully saturated rings. The zero-order valence-corrected chi connectivity index (χ0v) is 17.6. The predicted octanol–water partition coefficient (Wildman–Crippen LogP) is 7.01. The summed E-state index contributed by atoms with van der Waals surface area (Å²) in [5, 5.41) is 15.0. The predicted molar refractivity (Wildman–Crippen MR) is 109 cm³/mol. The summed E-state index contributed by atoms with van der Waals surface area (Å²) in [6.45, 7) is 0. The first kappa shape index (κ1) is 23.9. The Balaban J connectivity index is 2.08. The number of alkyl halides is 6. The monoisotopic (exact) mass is 511 g/mol. The van der Waals surface area contributed by atoms with Crippen molar-refractivity contribution in [3.63, 3.8) is 0 Å². The average molecular weight is 512 g/mol. The number of halogens is 8. The van der Waals surface area contributed by atoms with E-state index in [0.29, 0.717) is 12.1 Å². The molecule has 3 rings (SSSR count). The van der Waals surface area contributed by atoms with Gasteiger partial charge in [0, 0.05) is 0 Å². The lowest BCUT2D eigenvalue weighted by Gasteiger charge is -2.17. The second kappa shape index (κ2) is 8.65. The first-order valence-electron chi connectivity index (χ1n) is 8.29. The van der Waals surface area contributed by atoms with Crippen molar-refractivity contribution < 1.29 is 26.3 Å².